The number of ketones is 1. The summed E-state index contributed by atoms with van der Waals surface area (Å²) in [5, 5.41) is 3.16. The van der Waals surface area contributed by atoms with Crippen LogP contribution in [0.3, 0.4) is 0 Å². The van der Waals surface area contributed by atoms with E-state index in [9.17, 15) is 4.79 Å². The molecule has 1 aromatic carbocycles. The van der Waals surface area contributed by atoms with Gasteiger partial charge in [-0.3, -0.25) is 4.79 Å². The Hall–Kier alpha value is -1.15. The van der Waals surface area contributed by atoms with Crippen LogP contribution >= 0.6 is 0 Å². The molecule has 3 atom stereocenters. The molecule has 2 heteroatoms. The molecular formula is C18H27NO. The van der Waals surface area contributed by atoms with Gasteiger partial charge in [-0.2, -0.15) is 0 Å². The van der Waals surface area contributed by atoms with Gasteiger partial charge in [0.1, 0.15) is 0 Å². The van der Waals surface area contributed by atoms with E-state index in [2.05, 4.69) is 25.2 Å². The van der Waals surface area contributed by atoms with E-state index >= 15 is 0 Å². The number of hydrogen-bond donors (Lipinski definition) is 1. The van der Waals surface area contributed by atoms with E-state index in [0.717, 1.165) is 37.3 Å². The number of rotatable bonds is 5. The molecule has 2 nitrogen and oxygen atoms in total. The standard InChI is InChI=1S/C18H27NO/c1-13-8-9-16(12-14(13)2)18(20)17-7-5-4-6-15(17)10-11-19-3/h4-7,13-14,16,19H,8-12H2,1-3H3. The summed E-state index contributed by atoms with van der Waals surface area (Å²) in [7, 11) is 1.95. The van der Waals surface area contributed by atoms with Crippen molar-refractivity contribution in [3.8, 4) is 0 Å². The molecule has 1 aliphatic carbocycles. The number of carbonyl (C=O) groups is 1. The summed E-state index contributed by atoms with van der Waals surface area (Å²) in [5.41, 5.74) is 2.15. The molecule has 20 heavy (non-hydrogen) atoms. The van der Waals surface area contributed by atoms with Gasteiger partial charge in [-0.25, -0.2) is 0 Å². The summed E-state index contributed by atoms with van der Waals surface area (Å²) in [5.74, 6) is 2.04. The lowest BCUT2D eigenvalue weighted by atomic mass is 9.73. The molecular weight excluding hydrogens is 246 g/mol. The molecule has 0 heterocycles. The average molecular weight is 273 g/mol. The number of benzene rings is 1. The van der Waals surface area contributed by atoms with Crippen molar-refractivity contribution in [1.82, 2.24) is 5.32 Å². The first-order valence-corrected chi connectivity index (χ1v) is 7.90. The van der Waals surface area contributed by atoms with Crippen LogP contribution in [0, 0.1) is 17.8 Å². The van der Waals surface area contributed by atoms with Gasteiger partial charge in [0.05, 0.1) is 0 Å². The highest BCUT2D eigenvalue weighted by Crippen LogP contribution is 2.35. The van der Waals surface area contributed by atoms with Gasteiger partial charge in [0.15, 0.2) is 5.78 Å². The second-order valence-corrected chi connectivity index (χ2v) is 6.34. The Kier molecular flexibility index (Phi) is 5.36. The van der Waals surface area contributed by atoms with Crippen molar-refractivity contribution >= 4 is 5.78 Å². The number of carbonyl (C=O) groups excluding carboxylic acids is 1. The van der Waals surface area contributed by atoms with Crippen LogP contribution in [-0.2, 0) is 6.42 Å². The summed E-state index contributed by atoms with van der Waals surface area (Å²) in [6, 6.07) is 8.13. The van der Waals surface area contributed by atoms with Crippen LogP contribution in [0.15, 0.2) is 24.3 Å². The predicted octanol–water partition coefficient (Wildman–Crippen LogP) is 3.70. The second-order valence-electron chi connectivity index (χ2n) is 6.34. The molecule has 1 N–H and O–H groups in total. The molecule has 0 spiro atoms. The molecule has 0 saturated heterocycles. The zero-order chi connectivity index (χ0) is 14.5. The Labute approximate surface area is 123 Å². The zero-order valence-electron chi connectivity index (χ0n) is 13.0. The lowest BCUT2D eigenvalue weighted by Crippen LogP contribution is -2.27. The third kappa shape index (κ3) is 3.49. The average Bonchev–Trinajstić information content (AvgIpc) is 2.47. The summed E-state index contributed by atoms with van der Waals surface area (Å²) >= 11 is 0. The highest BCUT2D eigenvalue weighted by atomic mass is 16.1. The number of hydrogen-bond acceptors (Lipinski definition) is 2. The predicted molar refractivity (Wildman–Crippen MR) is 84.1 cm³/mol. The third-order valence-electron chi connectivity index (χ3n) is 4.90. The van der Waals surface area contributed by atoms with E-state index in [1.165, 1.54) is 12.0 Å². The van der Waals surface area contributed by atoms with Gasteiger partial charge in [-0.1, -0.05) is 38.1 Å². The zero-order valence-corrected chi connectivity index (χ0v) is 13.0. The van der Waals surface area contributed by atoms with E-state index in [0.29, 0.717) is 11.7 Å². The first-order valence-electron chi connectivity index (χ1n) is 7.90. The van der Waals surface area contributed by atoms with E-state index in [1.54, 1.807) is 0 Å². The molecule has 1 fully saturated rings. The molecule has 0 aromatic heterocycles. The van der Waals surface area contributed by atoms with E-state index < -0.39 is 0 Å². The monoisotopic (exact) mass is 273 g/mol. The molecule has 110 valence electrons. The Bertz CT molecular complexity index is 454. The molecule has 1 saturated carbocycles. The molecule has 3 unspecified atom stereocenters. The van der Waals surface area contributed by atoms with Crippen LogP contribution in [-0.4, -0.2) is 19.4 Å². The maximum absolute atomic E-state index is 12.8. The van der Waals surface area contributed by atoms with Crippen LogP contribution in [0.4, 0.5) is 0 Å². The Morgan fingerprint density at radius 2 is 1.95 bits per heavy atom. The molecule has 0 amide bonds. The van der Waals surface area contributed by atoms with Crippen LogP contribution in [0.1, 0.15) is 49.0 Å². The summed E-state index contributed by atoms with van der Waals surface area (Å²) in [6.45, 7) is 5.52. The summed E-state index contributed by atoms with van der Waals surface area (Å²) in [6.07, 6.45) is 4.23. The summed E-state index contributed by atoms with van der Waals surface area (Å²) in [4.78, 5) is 12.8. The van der Waals surface area contributed by atoms with Gasteiger partial charge < -0.3 is 5.32 Å². The van der Waals surface area contributed by atoms with Gasteiger partial charge in [-0.15, -0.1) is 0 Å². The highest BCUT2D eigenvalue weighted by Gasteiger charge is 2.30. The van der Waals surface area contributed by atoms with Gasteiger partial charge in [-0.05, 0) is 56.7 Å². The number of nitrogens with one attached hydrogen (secondary N) is 1. The molecule has 0 bridgehead atoms. The SMILES string of the molecule is CNCCc1ccccc1C(=O)C1CCC(C)C(C)C1. The van der Waals surface area contributed by atoms with Crippen molar-refractivity contribution in [1.29, 1.82) is 0 Å². The highest BCUT2D eigenvalue weighted by molar-refractivity contribution is 5.99. The minimum atomic E-state index is 0.233. The normalized spacial score (nSPS) is 26.4. The van der Waals surface area contributed by atoms with E-state index in [-0.39, 0.29) is 5.92 Å². The van der Waals surface area contributed by atoms with Crippen molar-refractivity contribution in [3.63, 3.8) is 0 Å². The first-order chi connectivity index (χ1) is 9.63. The van der Waals surface area contributed by atoms with Crippen molar-refractivity contribution in [2.45, 2.75) is 39.5 Å². The molecule has 0 aliphatic heterocycles. The van der Waals surface area contributed by atoms with Crippen LogP contribution in [0.2, 0.25) is 0 Å². The minimum absolute atomic E-state index is 0.233. The largest absolute Gasteiger partial charge is 0.319 e. The van der Waals surface area contributed by atoms with Crippen LogP contribution < -0.4 is 5.32 Å². The molecule has 1 aliphatic rings. The minimum Gasteiger partial charge on any atom is -0.319 e. The smallest absolute Gasteiger partial charge is 0.166 e. The van der Waals surface area contributed by atoms with Crippen LogP contribution in [0.25, 0.3) is 0 Å². The van der Waals surface area contributed by atoms with Gasteiger partial charge in [0, 0.05) is 11.5 Å². The molecule has 0 radical (unpaired) electrons. The third-order valence-corrected chi connectivity index (χ3v) is 4.90. The van der Waals surface area contributed by atoms with Crippen molar-refractivity contribution in [3.05, 3.63) is 35.4 Å². The Balaban J connectivity index is 2.12. The fourth-order valence-electron chi connectivity index (χ4n) is 3.24. The second kappa shape index (κ2) is 7.03. The van der Waals surface area contributed by atoms with Crippen molar-refractivity contribution in [2.24, 2.45) is 17.8 Å². The molecule has 2 rings (SSSR count). The first kappa shape index (κ1) is 15.2. The van der Waals surface area contributed by atoms with Gasteiger partial charge in [0.25, 0.3) is 0 Å². The van der Waals surface area contributed by atoms with Gasteiger partial charge >= 0.3 is 0 Å². The maximum Gasteiger partial charge on any atom is 0.166 e. The van der Waals surface area contributed by atoms with Crippen LogP contribution in [0.5, 0.6) is 0 Å². The number of Topliss-reactive ketones (excluding diaryl/α,β-unsaturated/α-hetero) is 1. The lowest BCUT2D eigenvalue weighted by molar-refractivity contribution is 0.0836. The fourth-order valence-corrected chi connectivity index (χ4v) is 3.24. The molecule has 1 aromatic rings. The Morgan fingerprint density at radius 1 is 1.20 bits per heavy atom. The topological polar surface area (TPSA) is 29.1 Å². The quantitative estimate of drug-likeness (QED) is 0.829. The van der Waals surface area contributed by atoms with E-state index in [1.807, 2.05) is 25.2 Å². The lowest BCUT2D eigenvalue weighted by Gasteiger charge is -2.31. The maximum atomic E-state index is 12.8. The van der Waals surface area contributed by atoms with Crippen molar-refractivity contribution < 1.29 is 4.79 Å². The van der Waals surface area contributed by atoms with E-state index in [4.69, 9.17) is 0 Å². The van der Waals surface area contributed by atoms with Crippen molar-refractivity contribution in [2.75, 3.05) is 13.6 Å². The fraction of sp³-hybridized carbons (Fsp3) is 0.611. The summed E-state index contributed by atoms with van der Waals surface area (Å²) < 4.78 is 0. The number of likely N-dealkylation sites (N-methyl/N-ethyl adjacent to an activating group) is 1. The Morgan fingerprint density at radius 3 is 2.65 bits per heavy atom. The van der Waals surface area contributed by atoms with Gasteiger partial charge in [0.2, 0.25) is 0 Å².